The topological polar surface area (TPSA) is 55.1 Å². The molecule has 0 fully saturated rings. The number of nitrogens with zero attached hydrogens (tertiary/aromatic N) is 2. The molecule has 2 rings (SSSR count). The van der Waals surface area contributed by atoms with Crippen LogP contribution >= 0.6 is 27.7 Å². The number of aryl methyl sites for hydroxylation is 1. The van der Waals surface area contributed by atoms with E-state index >= 15 is 0 Å². The number of allylic oxidation sites excluding steroid dienone is 1. The molecule has 1 aromatic carbocycles. The normalized spacial score (nSPS) is 10.8. The third-order valence-corrected chi connectivity index (χ3v) is 3.74. The fourth-order valence-corrected chi connectivity index (χ4v) is 2.76. The van der Waals surface area contributed by atoms with E-state index in [0.717, 1.165) is 21.1 Å². The van der Waals surface area contributed by atoms with Gasteiger partial charge >= 0.3 is 5.97 Å². The molecule has 0 spiro atoms. The maximum absolute atomic E-state index is 10.7. The Morgan fingerprint density at radius 2 is 2.32 bits per heavy atom. The summed E-state index contributed by atoms with van der Waals surface area (Å²) in [6.07, 6.45) is 0. The van der Waals surface area contributed by atoms with E-state index in [1.807, 2.05) is 29.7 Å². The minimum absolute atomic E-state index is 0.00291. The van der Waals surface area contributed by atoms with Gasteiger partial charge in [0.1, 0.15) is 0 Å². The van der Waals surface area contributed by atoms with Gasteiger partial charge in [-0.1, -0.05) is 40.3 Å². The zero-order valence-electron chi connectivity index (χ0n) is 10.4. The Morgan fingerprint density at radius 1 is 1.58 bits per heavy atom. The highest BCUT2D eigenvalue weighted by molar-refractivity contribution is 9.11. The van der Waals surface area contributed by atoms with Crippen molar-refractivity contribution in [2.75, 3.05) is 5.75 Å². The summed E-state index contributed by atoms with van der Waals surface area (Å²) < 4.78 is 2.80. The number of thioether (sulfide) groups is 1. The number of benzene rings is 1. The van der Waals surface area contributed by atoms with E-state index in [1.54, 1.807) is 0 Å². The van der Waals surface area contributed by atoms with Crippen LogP contribution < -0.4 is 0 Å². The number of rotatable bonds is 5. The van der Waals surface area contributed by atoms with E-state index in [-0.39, 0.29) is 5.75 Å². The lowest BCUT2D eigenvalue weighted by Gasteiger charge is -2.06. The molecule has 6 heteroatoms. The first-order chi connectivity index (χ1) is 8.97. The Hall–Kier alpha value is -1.27. The van der Waals surface area contributed by atoms with Crippen molar-refractivity contribution >= 4 is 44.7 Å². The summed E-state index contributed by atoms with van der Waals surface area (Å²) in [7, 11) is 0. The van der Waals surface area contributed by atoms with Crippen molar-refractivity contribution in [3.8, 4) is 0 Å². The third kappa shape index (κ3) is 3.39. The number of carboxylic acid groups (broad SMARTS) is 1. The van der Waals surface area contributed by atoms with Crippen LogP contribution in [0.15, 0.2) is 34.4 Å². The van der Waals surface area contributed by atoms with Crippen molar-refractivity contribution in [2.45, 2.75) is 18.6 Å². The minimum atomic E-state index is -0.850. The fraction of sp³-hybridized carbons (Fsp3) is 0.231. The number of carboxylic acids is 1. The van der Waals surface area contributed by atoms with E-state index in [9.17, 15) is 4.79 Å². The lowest BCUT2D eigenvalue weighted by Crippen LogP contribution is -2.03. The Kier molecular flexibility index (Phi) is 4.31. The first kappa shape index (κ1) is 14.1. The summed E-state index contributed by atoms with van der Waals surface area (Å²) in [5, 5.41) is 9.48. The quantitative estimate of drug-likeness (QED) is 0.847. The minimum Gasteiger partial charge on any atom is -0.481 e. The van der Waals surface area contributed by atoms with Crippen molar-refractivity contribution in [3.63, 3.8) is 0 Å². The average Bonchev–Trinajstić information content (AvgIpc) is 2.63. The Morgan fingerprint density at radius 3 is 2.95 bits per heavy atom. The Labute approximate surface area is 123 Å². The van der Waals surface area contributed by atoms with Crippen molar-refractivity contribution in [1.82, 2.24) is 9.55 Å². The number of hydrogen-bond donors (Lipinski definition) is 1. The van der Waals surface area contributed by atoms with Gasteiger partial charge in [-0.3, -0.25) is 4.79 Å². The molecule has 0 aliphatic rings. The molecule has 1 aromatic heterocycles. The van der Waals surface area contributed by atoms with Gasteiger partial charge in [-0.15, -0.1) is 0 Å². The number of aromatic nitrogens is 2. The van der Waals surface area contributed by atoms with E-state index < -0.39 is 5.97 Å². The van der Waals surface area contributed by atoms with Crippen molar-refractivity contribution in [1.29, 1.82) is 0 Å². The highest BCUT2D eigenvalue weighted by atomic mass is 79.9. The second kappa shape index (κ2) is 5.79. The van der Waals surface area contributed by atoms with Crippen LogP contribution in [0.1, 0.15) is 5.56 Å². The standard InChI is InChI=1S/C13H13BrN2O2S/c1-8-3-4-11-10(5-8)15-13(19-7-12(17)18)16(11)6-9(2)14/h3-5H,2,6-7H2,1H3,(H,17,18). The third-order valence-electron chi connectivity index (χ3n) is 2.52. The smallest absolute Gasteiger partial charge is 0.313 e. The van der Waals surface area contributed by atoms with E-state index in [1.165, 1.54) is 11.8 Å². The van der Waals surface area contributed by atoms with Gasteiger partial charge in [-0.05, 0) is 24.6 Å². The van der Waals surface area contributed by atoms with Gasteiger partial charge in [-0.2, -0.15) is 0 Å². The predicted molar refractivity (Wildman–Crippen MR) is 80.9 cm³/mol. The molecule has 0 radical (unpaired) electrons. The summed E-state index contributed by atoms with van der Waals surface area (Å²) >= 11 is 4.56. The maximum Gasteiger partial charge on any atom is 0.313 e. The summed E-state index contributed by atoms with van der Waals surface area (Å²) in [5.74, 6) is -0.852. The van der Waals surface area contributed by atoms with Crippen LogP contribution in [-0.2, 0) is 11.3 Å². The van der Waals surface area contributed by atoms with Gasteiger partial charge in [0.15, 0.2) is 5.16 Å². The van der Waals surface area contributed by atoms with Crippen molar-refractivity contribution in [3.05, 3.63) is 34.8 Å². The molecule has 0 aliphatic heterocycles. The van der Waals surface area contributed by atoms with E-state index in [4.69, 9.17) is 5.11 Å². The molecule has 0 bridgehead atoms. The molecule has 19 heavy (non-hydrogen) atoms. The number of hydrogen-bond acceptors (Lipinski definition) is 3. The molecule has 2 aromatic rings. The molecule has 4 nitrogen and oxygen atoms in total. The molecule has 100 valence electrons. The Balaban J connectivity index is 2.47. The van der Waals surface area contributed by atoms with Gasteiger partial charge in [0.05, 0.1) is 23.3 Å². The molecule has 0 aliphatic carbocycles. The largest absolute Gasteiger partial charge is 0.481 e. The van der Waals surface area contributed by atoms with Crippen molar-refractivity contribution < 1.29 is 9.90 Å². The molecule has 0 amide bonds. The zero-order valence-corrected chi connectivity index (χ0v) is 12.8. The maximum atomic E-state index is 10.7. The van der Waals surface area contributed by atoms with E-state index in [0.29, 0.717) is 11.7 Å². The molecule has 1 N–H and O–H groups in total. The fourth-order valence-electron chi connectivity index (χ4n) is 1.78. The monoisotopic (exact) mass is 340 g/mol. The van der Waals surface area contributed by atoms with Gasteiger partial charge in [0, 0.05) is 4.48 Å². The molecule has 0 unspecified atom stereocenters. The van der Waals surface area contributed by atoms with Crippen LogP contribution in [0, 0.1) is 6.92 Å². The van der Waals surface area contributed by atoms with Crippen LogP contribution in [0.3, 0.4) is 0 Å². The zero-order chi connectivity index (χ0) is 14.0. The molecular weight excluding hydrogens is 328 g/mol. The molecule has 0 saturated carbocycles. The number of carbonyl (C=O) groups is 1. The molecule has 0 atom stereocenters. The predicted octanol–water partition coefficient (Wildman–Crippen LogP) is 3.43. The molecule has 1 heterocycles. The van der Waals surface area contributed by atoms with Crippen LogP contribution in [0.2, 0.25) is 0 Å². The van der Waals surface area contributed by atoms with Gasteiger partial charge in [0.2, 0.25) is 0 Å². The Bertz CT molecular complexity index is 651. The van der Waals surface area contributed by atoms with Gasteiger partial charge in [-0.25, -0.2) is 4.98 Å². The second-order valence-electron chi connectivity index (χ2n) is 4.17. The highest BCUT2D eigenvalue weighted by Crippen LogP contribution is 2.26. The summed E-state index contributed by atoms with van der Waals surface area (Å²) in [6, 6.07) is 6.01. The lowest BCUT2D eigenvalue weighted by atomic mass is 10.2. The number of imidazole rings is 1. The number of aliphatic carboxylic acids is 1. The van der Waals surface area contributed by atoms with Crippen LogP contribution in [0.4, 0.5) is 0 Å². The number of fused-ring (bicyclic) bond motifs is 1. The molecule has 0 saturated heterocycles. The summed E-state index contributed by atoms with van der Waals surface area (Å²) in [6.45, 7) is 6.41. The summed E-state index contributed by atoms with van der Waals surface area (Å²) in [5.41, 5.74) is 2.99. The second-order valence-corrected chi connectivity index (χ2v) is 6.24. The van der Waals surface area contributed by atoms with Crippen LogP contribution in [0.5, 0.6) is 0 Å². The van der Waals surface area contributed by atoms with Crippen LogP contribution in [-0.4, -0.2) is 26.4 Å². The summed E-state index contributed by atoms with van der Waals surface area (Å²) in [4.78, 5) is 15.2. The van der Waals surface area contributed by atoms with Crippen molar-refractivity contribution in [2.24, 2.45) is 0 Å². The lowest BCUT2D eigenvalue weighted by molar-refractivity contribution is -0.133. The highest BCUT2D eigenvalue weighted by Gasteiger charge is 2.13. The van der Waals surface area contributed by atoms with Gasteiger partial charge in [0.25, 0.3) is 0 Å². The number of halogens is 1. The van der Waals surface area contributed by atoms with E-state index in [2.05, 4.69) is 27.5 Å². The SMILES string of the molecule is C=C(Br)Cn1c(SCC(=O)O)nc2cc(C)ccc21. The van der Waals surface area contributed by atoms with Crippen LogP contribution in [0.25, 0.3) is 11.0 Å². The average molecular weight is 341 g/mol. The first-order valence-electron chi connectivity index (χ1n) is 5.62. The molecular formula is C13H13BrN2O2S. The first-order valence-corrected chi connectivity index (χ1v) is 7.40. The van der Waals surface area contributed by atoms with Gasteiger partial charge < -0.3 is 9.67 Å².